The lowest BCUT2D eigenvalue weighted by atomic mass is 10.0. The summed E-state index contributed by atoms with van der Waals surface area (Å²) >= 11 is 0. The van der Waals surface area contributed by atoms with Crippen LogP contribution in [0.5, 0.6) is 0 Å². The summed E-state index contributed by atoms with van der Waals surface area (Å²) in [4.78, 5) is 18.7. The quantitative estimate of drug-likeness (QED) is 0.900. The molecule has 20 heavy (non-hydrogen) atoms. The van der Waals surface area contributed by atoms with Gasteiger partial charge < -0.3 is 10.6 Å². The number of rotatable bonds is 2. The molecule has 4 heteroatoms. The molecule has 0 saturated heterocycles. The molecule has 102 valence electrons. The van der Waals surface area contributed by atoms with Gasteiger partial charge >= 0.3 is 0 Å². The highest BCUT2D eigenvalue weighted by atomic mass is 16.2. The molecule has 0 unspecified atom stereocenters. The monoisotopic (exact) mass is 267 g/mol. The van der Waals surface area contributed by atoms with E-state index in [-0.39, 0.29) is 5.91 Å². The molecule has 0 fully saturated rings. The summed E-state index contributed by atoms with van der Waals surface area (Å²) in [5, 5.41) is 0. The molecule has 1 aliphatic rings. The Kier molecular flexibility index (Phi) is 3.48. The molecule has 0 radical (unpaired) electrons. The highest BCUT2D eigenvalue weighted by molar-refractivity contribution is 5.83. The standard InChI is InChI=1S/C16H17N3O/c17-15(12-5-2-1-3-6-12)16(20)19-10-8-14-13(11-19)7-4-9-18-14/h1-7,9,15H,8,10-11,17H2/t15-/m0/s1. The van der Waals surface area contributed by atoms with Gasteiger partial charge in [0.2, 0.25) is 5.91 Å². The topological polar surface area (TPSA) is 59.2 Å². The normalized spacial score (nSPS) is 15.6. The molecule has 1 aliphatic heterocycles. The molecule has 2 heterocycles. The van der Waals surface area contributed by atoms with Crippen LogP contribution in [0, 0.1) is 0 Å². The van der Waals surface area contributed by atoms with Crippen molar-refractivity contribution in [3.8, 4) is 0 Å². The van der Waals surface area contributed by atoms with Crippen molar-refractivity contribution in [1.82, 2.24) is 9.88 Å². The summed E-state index contributed by atoms with van der Waals surface area (Å²) in [6.45, 7) is 1.28. The first kappa shape index (κ1) is 12.8. The van der Waals surface area contributed by atoms with Crippen LogP contribution in [0.4, 0.5) is 0 Å². The highest BCUT2D eigenvalue weighted by Gasteiger charge is 2.26. The van der Waals surface area contributed by atoms with Gasteiger partial charge in [-0.15, -0.1) is 0 Å². The number of amides is 1. The van der Waals surface area contributed by atoms with E-state index in [0.717, 1.165) is 23.2 Å². The van der Waals surface area contributed by atoms with E-state index in [2.05, 4.69) is 4.98 Å². The molecule has 1 atom stereocenters. The van der Waals surface area contributed by atoms with Crippen LogP contribution in [0.1, 0.15) is 22.9 Å². The summed E-state index contributed by atoms with van der Waals surface area (Å²) in [5.41, 5.74) is 9.14. The largest absolute Gasteiger partial charge is 0.336 e. The first-order chi connectivity index (χ1) is 9.75. The van der Waals surface area contributed by atoms with E-state index < -0.39 is 6.04 Å². The third kappa shape index (κ3) is 2.42. The van der Waals surface area contributed by atoms with Crippen LogP contribution in [0.2, 0.25) is 0 Å². The molecule has 2 aromatic rings. The van der Waals surface area contributed by atoms with Gasteiger partial charge in [-0.25, -0.2) is 0 Å². The average molecular weight is 267 g/mol. The van der Waals surface area contributed by atoms with Gasteiger partial charge in [0, 0.05) is 31.4 Å². The predicted octanol–water partition coefficient (Wildman–Crippen LogP) is 1.67. The van der Waals surface area contributed by atoms with Crippen LogP contribution >= 0.6 is 0 Å². The lowest BCUT2D eigenvalue weighted by Crippen LogP contribution is -2.41. The van der Waals surface area contributed by atoms with Gasteiger partial charge in [-0.05, 0) is 17.2 Å². The SMILES string of the molecule is N[C@H](C(=O)N1CCc2ncccc2C1)c1ccccc1. The van der Waals surface area contributed by atoms with Gasteiger partial charge in [0.1, 0.15) is 6.04 Å². The fraction of sp³-hybridized carbons (Fsp3) is 0.250. The summed E-state index contributed by atoms with van der Waals surface area (Å²) in [5.74, 6) is -0.0225. The Balaban J connectivity index is 1.76. The Morgan fingerprint density at radius 2 is 2.00 bits per heavy atom. The Labute approximate surface area is 118 Å². The number of nitrogens with two attached hydrogens (primary N) is 1. The zero-order chi connectivity index (χ0) is 13.9. The van der Waals surface area contributed by atoms with Crippen molar-refractivity contribution in [2.24, 2.45) is 5.73 Å². The molecule has 1 aromatic heterocycles. The van der Waals surface area contributed by atoms with Crippen molar-refractivity contribution >= 4 is 5.91 Å². The Hall–Kier alpha value is -2.20. The van der Waals surface area contributed by atoms with Gasteiger partial charge in [-0.3, -0.25) is 9.78 Å². The first-order valence-electron chi connectivity index (χ1n) is 6.78. The van der Waals surface area contributed by atoms with E-state index in [1.165, 1.54) is 0 Å². The van der Waals surface area contributed by atoms with Crippen molar-refractivity contribution in [1.29, 1.82) is 0 Å². The maximum atomic E-state index is 12.5. The third-order valence-electron chi connectivity index (χ3n) is 3.70. The number of hydrogen-bond acceptors (Lipinski definition) is 3. The number of pyridine rings is 1. The van der Waals surface area contributed by atoms with E-state index in [4.69, 9.17) is 5.73 Å². The molecule has 1 amide bonds. The molecular formula is C16H17N3O. The average Bonchev–Trinajstić information content (AvgIpc) is 2.54. The fourth-order valence-electron chi connectivity index (χ4n) is 2.55. The number of fused-ring (bicyclic) bond motifs is 1. The lowest BCUT2D eigenvalue weighted by Gasteiger charge is -2.30. The minimum atomic E-state index is -0.588. The molecule has 0 saturated carbocycles. The van der Waals surface area contributed by atoms with E-state index >= 15 is 0 Å². The molecule has 0 spiro atoms. The molecule has 3 rings (SSSR count). The van der Waals surface area contributed by atoms with Crippen LogP contribution in [0.25, 0.3) is 0 Å². The van der Waals surface area contributed by atoms with Crippen molar-refractivity contribution in [2.75, 3.05) is 6.54 Å². The minimum Gasteiger partial charge on any atom is -0.336 e. The van der Waals surface area contributed by atoms with Gasteiger partial charge in [-0.1, -0.05) is 36.4 Å². The molecule has 1 aromatic carbocycles. The van der Waals surface area contributed by atoms with Crippen LogP contribution in [-0.2, 0) is 17.8 Å². The fourth-order valence-corrected chi connectivity index (χ4v) is 2.55. The predicted molar refractivity (Wildman–Crippen MR) is 76.7 cm³/mol. The molecular weight excluding hydrogens is 250 g/mol. The number of hydrogen-bond donors (Lipinski definition) is 1. The van der Waals surface area contributed by atoms with E-state index in [1.807, 2.05) is 47.4 Å². The number of carbonyl (C=O) groups is 1. The molecule has 4 nitrogen and oxygen atoms in total. The summed E-state index contributed by atoms with van der Waals surface area (Å²) in [6.07, 6.45) is 2.59. The van der Waals surface area contributed by atoms with E-state index in [1.54, 1.807) is 6.20 Å². The molecule has 0 aliphatic carbocycles. The van der Waals surface area contributed by atoms with Crippen LogP contribution in [0.15, 0.2) is 48.7 Å². The summed E-state index contributed by atoms with van der Waals surface area (Å²) in [6, 6.07) is 12.8. The highest BCUT2D eigenvalue weighted by Crippen LogP contribution is 2.20. The zero-order valence-corrected chi connectivity index (χ0v) is 11.2. The van der Waals surface area contributed by atoms with Crippen molar-refractivity contribution in [3.05, 3.63) is 65.5 Å². The lowest BCUT2D eigenvalue weighted by molar-refractivity contribution is -0.133. The first-order valence-corrected chi connectivity index (χ1v) is 6.78. The maximum absolute atomic E-state index is 12.5. The zero-order valence-electron chi connectivity index (χ0n) is 11.2. The minimum absolute atomic E-state index is 0.0225. The number of aromatic nitrogens is 1. The molecule has 2 N–H and O–H groups in total. The Morgan fingerprint density at radius 3 is 2.80 bits per heavy atom. The number of benzene rings is 1. The van der Waals surface area contributed by atoms with Crippen LogP contribution in [-0.4, -0.2) is 22.3 Å². The maximum Gasteiger partial charge on any atom is 0.244 e. The molecule has 0 bridgehead atoms. The second-order valence-electron chi connectivity index (χ2n) is 5.01. The number of carbonyl (C=O) groups excluding carboxylic acids is 1. The van der Waals surface area contributed by atoms with Gasteiger partial charge in [0.25, 0.3) is 0 Å². The van der Waals surface area contributed by atoms with E-state index in [9.17, 15) is 4.79 Å². The van der Waals surface area contributed by atoms with Crippen molar-refractivity contribution in [2.45, 2.75) is 19.0 Å². The Morgan fingerprint density at radius 1 is 1.20 bits per heavy atom. The Bertz CT molecular complexity index is 612. The van der Waals surface area contributed by atoms with Crippen molar-refractivity contribution < 1.29 is 4.79 Å². The van der Waals surface area contributed by atoms with Crippen LogP contribution < -0.4 is 5.73 Å². The summed E-state index contributed by atoms with van der Waals surface area (Å²) < 4.78 is 0. The smallest absolute Gasteiger partial charge is 0.244 e. The van der Waals surface area contributed by atoms with Gasteiger partial charge in [0.15, 0.2) is 0 Å². The second kappa shape index (κ2) is 5.43. The van der Waals surface area contributed by atoms with Gasteiger partial charge in [-0.2, -0.15) is 0 Å². The van der Waals surface area contributed by atoms with Crippen molar-refractivity contribution in [3.63, 3.8) is 0 Å². The second-order valence-corrected chi connectivity index (χ2v) is 5.01. The van der Waals surface area contributed by atoms with E-state index in [0.29, 0.717) is 13.1 Å². The summed E-state index contributed by atoms with van der Waals surface area (Å²) in [7, 11) is 0. The third-order valence-corrected chi connectivity index (χ3v) is 3.70. The van der Waals surface area contributed by atoms with Crippen LogP contribution in [0.3, 0.4) is 0 Å². The van der Waals surface area contributed by atoms with Gasteiger partial charge in [0.05, 0.1) is 0 Å². The number of nitrogens with zero attached hydrogens (tertiary/aromatic N) is 2.